The van der Waals surface area contributed by atoms with Gasteiger partial charge < -0.3 is 4.90 Å². The van der Waals surface area contributed by atoms with Crippen molar-refractivity contribution in [3.8, 4) is 11.8 Å². The molecule has 0 saturated carbocycles. The molecule has 0 aliphatic rings. The molecule has 4 aromatic rings. The van der Waals surface area contributed by atoms with Crippen LogP contribution in [0.1, 0.15) is 5.56 Å². The molecule has 0 N–H and O–H groups in total. The lowest BCUT2D eigenvalue weighted by Gasteiger charge is -2.15. The van der Waals surface area contributed by atoms with Crippen molar-refractivity contribution in [1.82, 2.24) is 14.5 Å². The summed E-state index contributed by atoms with van der Waals surface area (Å²) in [4.78, 5) is 24.4. The highest BCUT2D eigenvalue weighted by Gasteiger charge is 2.19. The van der Waals surface area contributed by atoms with Crippen molar-refractivity contribution in [2.45, 2.75) is 0 Å². The number of benzene rings is 1. The molecule has 0 saturated heterocycles. The monoisotopic (exact) mass is 381 g/mol. The summed E-state index contributed by atoms with van der Waals surface area (Å²) in [5, 5.41) is 10.7. The molecule has 0 aliphatic carbocycles. The maximum absolute atomic E-state index is 13.0. The topological polar surface area (TPSA) is 74.8 Å². The minimum atomic E-state index is -0.177. The van der Waals surface area contributed by atoms with E-state index in [1.54, 1.807) is 24.3 Å². The largest absolute Gasteiger partial charge is 0.376 e. The molecule has 0 amide bonds. The van der Waals surface area contributed by atoms with Gasteiger partial charge in [-0.3, -0.25) is 9.36 Å². The van der Waals surface area contributed by atoms with Gasteiger partial charge in [0.15, 0.2) is 0 Å². The zero-order valence-electron chi connectivity index (χ0n) is 13.9. The van der Waals surface area contributed by atoms with Crippen molar-refractivity contribution < 1.29 is 0 Å². The summed E-state index contributed by atoms with van der Waals surface area (Å²) in [6, 6.07) is 9.14. The molecular weight excluding hydrogens is 370 g/mol. The quantitative estimate of drug-likeness (QED) is 0.530. The van der Waals surface area contributed by atoms with E-state index in [9.17, 15) is 10.1 Å². The highest BCUT2D eigenvalue weighted by atomic mass is 35.5. The van der Waals surface area contributed by atoms with E-state index in [4.69, 9.17) is 11.6 Å². The van der Waals surface area contributed by atoms with Crippen LogP contribution in [-0.4, -0.2) is 28.6 Å². The number of aromatic nitrogens is 3. The minimum absolute atomic E-state index is 0.177. The Morgan fingerprint density at radius 3 is 2.62 bits per heavy atom. The van der Waals surface area contributed by atoms with Gasteiger partial charge in [-0.05, 0) is 24.3 Å². The second-order valence-corrected chi connectivity index (χ2v) is 7.32. The smallest absolute Gasteiger partial charge is 0.275 e. The lowest BCUT2D eigenvalue weighted by molar-refractivity contribution is 0.967. The number of anilines is 1. The molecule has 0 unspecified atom stereocenters. The van der Waals surface area contributed by atoms with Crippen molar-refractivity contribution in [2.24, 2.45) is 0 Å². The maximum atomic E-state index is 13.0. The first-order valence-corrected chi connectivity index (χ1v) is 8.87. The Morgan fingerprint density at radius 1 is 1.23 bits per heavy atom. The number of nitrogens with zero attached hydrogens (tertiary/aromatic N) is 5. The van der Waals surface area contributed by atoms with Gasteiger partial charge in [0, 0.05) is 25.3 Å². The predicted molar refractivity (Wildman–Crippen MR) is 105 cm³/mol. The van der Waals surface area contributed by atoms with Gasteiger partial charge in [0.25, 0.3) is 5.56 Å². The van der Waals surface area contributed by atoms with E-state index in [0.29, 0.717) is 31.3 Å². The first-order valence-electron chi connectivity index (χ1n) is 7.67. The zero-order valence-corrected chi connectivity index (χ0v) is 15.5. The Labute approximate surface area is 157 Å². The average molecular weight is 382 g/mol. The molecule has 0 radical (unpaired) electrons. The summed E-state index contributed by atoms with van der Waals surface area (Å²) >= 11 is 7.20. The molecule has 0 aliphatic heterocycles. The Morgan fingerprint density at radius 2 is 1.96 bits per heavy atom. The fourth-order valence-electron chi connectivity index (χ4n) is 2.91. The highest BCUT2D eigenvalue weighted by Crippen LogP contribution is 2.37. The van der Waals surface area contributed by atoms with E-state index >= 15 is 0 Å². The summed E-state index contributed by atoms with van der Waals surface area (Å²) in [6.45, 7) is 0. The molecule has 3 heterocycles. The minimum Gasteiger partial charge on any atom is -0.376 e. The molecule has 128 valence electrons. The van der Waals surface area contributed by atoms with Crippen molar-refractivity contribution in [1.29, 1.82) is 5.26 Å². The number of pyridine rings is 1. The van der Waals surface area contributed by atoms with Crippen molar-refractivity contribution in [3.63, 3.8) is 0 Å². The summed E-state index contributed by atoms with van der Waals surface area (Å²) in [5.74, 6) is 0. The number of hydrogen-bond donors (Lipinski definition) is 0. The van der Waals surface area contributed by atoms with Crippen LogP contribution in [0.25, 0.3) is 26.1 Å². The van der Waals surface area contributed by atoms with Crippen LogP contribution in [0.4, 0.5) is 5.69 Å². The molecule has 0 spiro atoms. The average Bonchev–Trinajstić information content (AvgIpc) is 3.01. The number of nitriles is 1. The lowest BCUT2D eigenvalue weighted by atomic mass is 10.1. The van der Waals surface area contributed by atoms with Crippen molar-refractivity contribution in [3.05, 3.63) is 57.7 Å². The normalized spacial score (nSPS) is 11.0. The Bertz CT molecular complexity index is 1250. The first-order chi connectivity index (χ1) is 12.5. The number of rotatable bonds is 2. The van der Waals surface area contributed by atoms with E-state index in [1.165, 1.54) is 28.4 Å². The van der Waals surface area contributed by atoms with E-state index in [0.717, 1.165) is 11.1 Å². The van der Waals surface area contributed by atoms with Gasteiger partial charge in [-0.2, -0.15) is 5.26 Å². The van der Waals surface area contributed by atoms with Crippen molar-refractivity contribution >= 4 is 49.1 Å². The van der Waals surface area contributed by atoms with Crippen LogP contribution >= 0.6 is 22.9 Å². The highest BCUT2D eigenvalue weighted by molar-refractivity contribution is 7.25. The van der Waals surface area contributed by atoms with Gasteiger partial charge in [0.05, 0.1) is 22.3 Å². The van der Waals surface area contributed by atoms with Gasteiger partial charge in [-0.1, -0.05) is 11.6 Å². The van der Waals surface area contributed by atoms with Crippen LogP contribution in [0, 0.1) is 11.3 Å². The molecular formula is C18H12ClN5OS. The van der Waals surface area contributed by atoms with Crippen LogP contribution < -0.4 is 10.5 Å². The van der Waals surface area contributed by atoms with Crippen LogP contribution in [-0.2, 0) is 0 Å². The Kier molecular flexibility index (Phi) is 3.87. The van der Waals surface area contributed by atoms with Crippen LogP contribution in [0.5, 0.6) is 0 Å². The molecule has 1 aromatic carbocycles. The molecule has 26 heavy (non-hydrogen) atoms. The predicted octanol–water partition coefficient (Wildman–Crippen LogP) is 3.59. The van der Waals surface area contributed by atoms with Crippen LogP contribution in [0.15, 0.2) is 41.6 Å². The standard InChI is InChI=1S/C18H12ClN5OS/c1-23(2)15-10(7-20)8-21-17-13(15)14-16(26-17)18(25)24(9-22-14)12-5-3-11(19)4-6-12/h3-6,8-9H,1-2H3. The van der Waals surface area contributed by atoms with Crippen LogP contribution in [0.2, 0.25) is 5.02 Å². The summed E-state index contributed by atoms with van der Waals surface area (Å²) < 4.78 is 1.98. The summed E-state index contributed by atoms with van der Waals surface area (Å²) in [5.41, 5.74) is 2.24. The number of hydrogen-bond acceptors (Lipinski definition) is 6. The number of thiophene rings is 1. The number of fused-ring (bicyclic) bond motifs is 3. The molecule has 6 nitrogen and oxygen atoms in total. The molecule has 0 fully saturated rings. The third kappa shape index (κ3) is 2.43. The van der Waals surface area contributed by atoms with Gasteiger partial charge in [0.1, 0.15) is 27.4 Å². The third-order valence-corrected chi connectivity index (χ3v) is 5.38. The third-order valence-electron chi connectivity index (χ3n) is 4.06. The van der Waals surface area contributed by atoms with Gasteiger partial charge in [-0.15, -0.1) is 11.3 Å². The van der Waals surface area contributed by atoms with Gasteiger partial charge in [0.2, 0.25) is 0 Å². The van der Waals surface area contributed by atoms with E-state index in [1.807, 2.05) is 19.0 Å². The molecule has 8 heteroatoms. The SMILES string of the molecule is CN(C)c1c(C#N)cnc2sc3c(=O)n(-c4ccc(Cl)cc4)cnc3c12. The summed E-state index contributed by atoms with van der Waals surface area (Å²) in [7, 11) is 3.71. The van der Waals surface area contributed by atoms with E-state index in [2.05, 4.69) is 16.0 Å². The number of halogens is 1. The maximum Gasteiger partial charge on any atom is 0.275 e. The fourth-order valence-corrected chi connectivity index (χ4v) is 4.07. The van der Waals surface area contributed by atoms with Crippen molar-refractivity contribution in [2.75, 3.05) is 19.0 Å². The van der Waals surface area contributed by atoms with E-state index in [-0.39, 0.29) is 5.56 Å². The van der Waals surface area contributed by atoms with Gasteiger partial charge in [-0.25, -0.2) is 9.97 Å². The first kappa shape index (κ1) is 16.5. The van der Waals surface area contributed by atoms with E-state index < -0.39 is 0 Å². The molecule has 4 rings (SSSR count). The fraction of sp³-hybridized carbons (Fsp3) is 0.111. The lowest BCUT2D eigenvalue weighted by Crippen LogP contribution is -2.17. The molecule has 3 aromatic heterocycles. The van der Waals surface area contributed by atoms with Crippen LogP contribution in [0.3, 0.4) is 0 Å². The molecule has 0 bridgehead atoms. The van der Waals surface area contributed by atoms with Gasteiger partial charge >= 0.3 is 0 Å². The second-order valence-electron chi connectivity index (χ2n) is 5.88. The Balaban J connectivity index is 2.07. The second kappa shape index (κ2) is 6.09. The molecule has 0 atom stereocenters. The summed E-state index contributed by atoms with van der Waals surface area (Å²) in [6.07, 6.45) is 3.03. The zero-order chi connectivity index (χ0) is 18.4. The Hall–Kier alpha value is -2.95.